The lowest BCUT2D eigenvalue weighted by Crippen LogP contribution is -2.16. The van der Waals surface area contributed by atoms with Gasteiger partial charge in [-0.15, -0.1) is 0 Å². The predicted molar refractivity (Wildman–Crippen MR) is 104 cm³/mol. The molecule has 3 heterocycles. The molecule has 136 valence electrons. The maximum absolute atomic E-state index is 13.9. The van der Waals surface area contributed by atoms with Gasteiger partial charge in [-0.1, -0.05) is 12.1 Å². The fourth-order valence-corrected chi connectivity index (χ4v) is 3.11. The lowest BCUT2D eigenvalue weighted by Gasteiger charge is -2.12. The molecule has 6 heteroatoms. The number of aromatic amines is 1. The van der Waals surface area contributed by atoms with Crippen molar-refractivity contribution < 1.29 is 9.13 Å². The summed E-state index contributed by atoms with van der Waals surface area (Å²) in [6.45, 7) is 1.24. The summed E-state index contributed by atoms with van der Waals surface area (Å²) < 4.78 is 19.8. The molecule has 4 rings (SSSR count). The second kappa shape index (κ2) is 7.55. The first-order valence-electron chi connectivity index (χ1n) is 8.72. The number of H-pyrrole nitrogens is 1. The average molecular weight is 362 g/mol. The van der Waals surface area contributed by atoms with Gasteiger partial charge in [0.2, 0.25) is 0 Å². The Bertz CT molecular complexity index is 1080. The fourth-order valence-electron chi connectivity index (χ4n) is 3.11. The van der Waals surface area contributed by atoms with E-state index in [9.17, 15) is 4.39 Å². The number of benzene rings is 1. The van der Waals surface area contributed by atoms with Crippen molar-refractivity contribution in [1.29, 1.82) is 0 Å². The topological polar surface area (TPSA) is 62.8 Å². The monoisotopic (exact) mass is 362 g/mol. The molecule has 0 radical (unpaired) electrons. The highest BCUT2D eigenvalue weighted by Crippen LogP contribution is 2.40. The van der Waals surface area contributed by atoms with Gasteiger partial charge in [-0.3, -0.25) is 9.97 Å². The summed E-state index contributed by atoms with van der Waals surface area (Å²) in [6.07, 6.45) is 5.15. The van der Waals surface area contributed by atoms with E-state index in [2.05, 4.69) is 20.3 Å². The van der Waals surface area contributed by atoms with Crippen LogP contribution in [0.4, 0.5) is 4.39 Å². The van der Waals surface area contributed by atoms with Gasteiger partial charge < -0.3 is 15.0 Å². The highest BCUT2D eigenvalue weighted by atomic mass is 19.1. The summed E-state index contributed by atoms with van der Waals surface area (Å²) in [5.74, 6) is 0.376. The standard InChI is InChI=1S/C21H19FN4O/c1-23-10-11-27-18-13-24-9-7-16(18)20-19(14-4-2-5-15(22)12-14)21-17(26-20)6-3-8-25-21/h2-9,12-13,23,26H,10-11H2,1H3. The van der Waals surface area contributed by atoms with E-state index in [4.69, 9.17) is 4.74 Å². The molecule has 27 heavy (non-hydrogen) atoms. The van der Waals surface area contributed by atoms with E-state index < -0.39 is 0 Å². The van der Waals surface area contributed by atoms with Crippen LogP contribution in [0.25, 0.3) is 33.4 Å². The smallest absolute Gasteiger partial charge is 0.146 e. The molecule has 0 spiro atoms. The minimum atomic E-state index is -0.288. The van der Waals surface area contributed by atoms with E-state index in [1.807, 2.05) is 31.3 Å². The molecular weight excluding hydrogens is 343 g/mol. The number of ether oxygens (including phenoxy) is 1. The number of pyridine rings is 2. The van der Waals surface area contributed by atoms with Gasteiger partial charge in [0.25, 0.3) is 0 Å². The van der Waals surface area contributed by atoms with Crippen LogP contribution in [-0.2, 0) is 0 Å². The van der Waals surface area contributed by atoms with Crippen molar-refractivity contribution in [1.82, 2.24) is 20.3 Å². The molecule has 5 nitrogen and oxygen atoms in total. The number of aromatic nitrogens is 3. The molecule has 3 aromatic heterocycles. The zero-order chi connectivity index (χ0) is 18.6. The number of hydrogen-bond acceptors (Lipinski definition) is 4. The summed E-state index contributed by atoms with van der Waals surface area (Å²) in [5, 5.41) is 3.06. The van der Waals surface area contributed by atoms with Crippen LogP contribution in [0.1, 0.15) is 0 Å². The Balaban J connectivity index is 1.92. The third-order valence-electron chi connectivity index (χ3n) is 4.33. The van der Waals surface area contributed by atoms with Crippen molar-refractivity contribution in [3.63, 3.8) is 0 Å². The van der Waals surface area contributed by atoms with Gasteiger partial charge in [-0.2, -0.15) is 0 Å². The lowest BCUT2D eigenvalue weighted by molar-refractivity contribution is 0.318. The van der Waals surface area contributed by atoms with Crippen LogP contribution in [0.2, 0.25) is 0 Å². The van der Waals surface area contributed by atoms with E-state index in [1.54, 1.807) is 24.7 Å². The predicted octanol–water partition coefficient (Wildman–Crippen LogP) is 4.03. The molecule has 0 saturated carbocycles. The van der Waals surface area contributed by atoms with Crippen molar-refractivity contribution in [2.75, 3.05) is 20.2 Å². The first kappa shape index (κ1) is 17.2. The molecule has 2 N–H and O–H groups in total. The van der Waals surface area contributed by atoms with Gasteiger partial charge in [-0.05, 0) is 42.9 Å². The van der Waals surface area contributed by atoms with Crippen molar-refractivity contribution in [3.8, 4) is 28.1 Å². The van der Waals surface area contributed by atoms with Crippen LogP contribution >= 0.6 is 0 Å². The Morgan fingerprint density at radius 2 is 2.07 bits per heavy atom. The molecule has 0 aliphatic rings. The first-order chi connectivity index (χ1) is 13.3. The van der Waals surface area contributed by atoms with Gasteiger partial charge in [-0.25, -0.2) is 4.39 Å². The Morgan fingerprint density at radius 1 is 1.15 bits per heavy atom. The Labute approximate surface area is 156 Å². The van der Waals surface area contributed by atoms with Gasteiger partial charge in [0.15, 0.2) is 0 Å². The molecule has 0 unspecified atom stereocenters. The molecule has 0 amide bonds. The van der Waals surface area contributed by atoms with E-state index in [0.29, 0.717) is 12.4 Å². The third kappa shape index (κ3) is 3.39. The normalized spacial score (nSPS) is 11.0. The molecule has 0 fully saturated rings. The molecule has 0 bridgehead atoms. The van der Waals surface area contributed by atoms with E-state index >= 15 is 0 Å². The van der Waals surface area contributed by atoms with Gasteiger partial charge in [0, 0.05) is 30.1 Å². The largest absolute Gasteiger partial charge is 0.490 e. The second-order valence-electron chi connectivity index (χ2n) is 6.11. The number of nitrogens with one attached hydrogen (secondary N) is 2. The average Bonchev–Trinajstić information content (AvgIpc) is 3.08. The number of nitrogens with zero attached hydrogens (tertiary/aromatic N) is 2. The van der Waals surface area contributed by atoms with Crippen molar-refractivity contribution in [2.45, 2.75) is 0 Å². The molecule has 0 aliphatic heterocycles. The summed E-state index contributed by atoms with van der Waals surface area (Å²) in [6, 6.07) is 12.3. The molecular formula is C21H19FN4O. The highest BCUT2D eigenvalue weighted by Gasteiger charge is 2.19. The van der Waals surface area contributed by atoms with Crippen molar-refractivity contribution in [3.05, 3.63) is 66.9 Å². The summed E-state index contributed by atoms with van der Waals surface area (Å²) in [7, 11) is 1.87. The van der Waals surface area contributed by atoms with Crippen molar-refractivity contribution in [2.24, 2.45) is 0 Å². The number of likely N-dealkylation sites (N-methyl/N-ethyl adjacent to an activating group) is 1. The Kier molecular flexibility index (Phi) is 4.80. The van der Waals surface area contributed by atoms with Crippen LogP contribution in [0.3, 0.4) is 0 Å². The Morgan fingerprint density at radius 3 is 2.93 bits per heavy atom. The van der Waals surface area contributed by atoms with Crippen molar-refractivity contribution >= 4 is 11.0 Å². The fraction of sp³-hybridized carbons (Fsp3) is 0.143. The number of halogens is 1. The summed E-state index contributed by atoms with van der Waals surface area (Å²) >= 11 is 0. The Hall–Kier alpha value is -3.25. The minimum absolute atomic E-state index is 0.288. The maximum Gasteiger partial charge on any atom is 0.146 e. The molecule has 4 aromatic rings. The molecule has 1 aromatic carbocycles. The van der Waals surface area contributed by atoms with E-state index in [-0.39, 0.29) is 5.82 Å². The number of rotatable bonds is 6. The van der Waals surface area contributed by atoms with E-state index in [1.165, 1.54) is 12.1 Å². The van der Waals surface area contributed by atoms with Crippen LogP contribution in [0.15, 0.2) is 61.1 Å². The number of hydrogen-bond donors (Lipinski definition) is 2. The highest BCUT2D eigenvalue weighted by molar-refractivity contribution is 6.02. The van der Waals surface area contributed by atoms with E-state index in [0.717, 1.165) is 40.0 Å². The lowest BCUT2D eigenvalue weighted by atomic mass is 10.0. The molecule has 0 saturated heterocycles. The van der Waals surface area contributed by atoms with Crippen LogP contribution < -0.4 is 10.1 Å². The van der Waals surface area contributed by atoms with Crippen LogP contribution in [0, 0.1) is 5.82 Å². The summed E-state index contributed by atoms with van der Waals surface area (Å²) in [5.41, 5.74) is 4.96. The van der Waals surface area contributed by atoms with Crippen LogP contribution in [-0.4, -0.2) is 35.2 Å². The quantitative estimate of drug-likeness (QED) is 0.509. The van der Waals surface area contributed by atoms with Crippen LogP contribution in [0.5, 0.6) is 5.75 Å². The van der Waals surface area contributed by atoms with Gasteiger partial charge in [0.05, 0.1) is 22.9 Å². The first-order valence-corrected chi connectivity index (χ1v) is 8.72. The minimum Gasteiger partial charge on any atom is -0.490 e. The van der Waals surface area contributed by atoms with Gasteiger partial charge >= 0.3 is 0 Å². The maximum atomic E-state index is 13.9. The summed E-state index contributed by atoms with van der Waals surface area (Å²) in [4.78, 5) is 12.1. The molecule has 0 atom stereocenters. The third-order valence-corrected chi connectivity index (χ3v) is 4.33. The second-order valence-corrected chi connectivity index (χ2v) is 6.11. The zero-order valence-electron chi connectivity index (χ0n) is 14.9. The SMILES string of the molecule is CNCCOc1cnccc1-c1[nH]c2cccnc2c1-c1cccc(F)c1. The zero-order valence-corrected chi connectivity index (χ0v) is 14.9. The number of fused-ring (bicyclic) bond motifs is 1. The molecule has 0 aliphatic carbocycles. The van der Waals surface area contributed by atoms with Gasteiger partial charge in [0.1, 0.15) is 18.2 Å².